The molecule has 0 saturated carbocycles. The molecule has 2 rings (SSSR count). The van der Waals surface area contributed by atoms with E-state index in [0.717, 1.165) is 0 Å². The number of carbonyl (C=O) groups excluding carboxylic acids is 1. The van der Waals surface area contributed by atoms with Crippen LogP contribution in [0.5, 0.6) is 0 Å². The van der Waals surface area contributed by atoms with Gasteiger partial charge in [-0.1, -0.05) is 0 Å². The number of hydrogen-bond acceptors (Lipinski definition) is 3. The van der Waals surface area contributed by atoms with Gasteiger partial charge in [0.05, 0.1) is 0 Å². The summed E-state index contributed by atoms with van der Waals surface area (Å²) >= 11 is 0. The van der Waals surface area contributed by atoms with Crippen LogP contribution in [0.4, 0.5) is 4.39 Å². The molecule has 0 fully saturated rings. The lowest BCUT2D eigenvalue weighted by molar-refractivity contribution is 0.0977. The number of pyridine rings is 1. The molecule has 0 aliphatic rings. The van der Waals surface area contributed by atoms with Crippen molar-refractivity contribution in [1.29, 1.82) is 5.41 Å². The van der Waals surface area contributed by atoms with E-state index in [1.54, 1.807) is 18.3 Å². The van der Waals surface area contributed by atoms with Gasteiger partial charge in [-0.25, -0.2) is 4.39 Å². The molecular weight excluding hydrogens is 233 g/mol. The molecule has 2 N–H and O–H groups in total. The van der Waals surface area contributed by atoms with Crippen molar-refractivity contribution in [3.05, 3.63) is 65.7 Å². The Labute approximate surface area is 103 Å². The molecule has 0 atom stereocenters. The molecule has 90 valence electrons. The fourth-order valence-electron chi connectivity index (χ4n) is 1.37. The Balaban J connectivity index is 2.08. The van der Waals surface area contributed by atoms with Gasteiger partial charge in [0.15, 0.2) is 0 Å². The van der Waals surface area contributed by atoms with Crippen LogP contribution in [-0.2, 0) is 0 Å². The summed E-state index contributed by atoms with van der Waals surface area (Å²) in [6.45, 7) is 0. The molecule has 0 spiro atoms. The Morgan fingerprint density at radius 3 is 2.50 bits per heavy atom. The number of nitrogens with zero attached hydrogens (tertiary/aromatic N) is 1. The van der Waals surface area contributed by atoms with Crippen LogP contribution in [0.1, 0.15) is 15.9 Å². The van der Waals surface area contributed by atoms with Gasteiger partial charge in [-0.05, 0) is 36.4 Å². The SMILES string of the molecule is N=C(NC(=O)c1ccc(F)cc1)c1cccnc1. The second kappa shape index (κ2) is 5.18. The highest BCUT2D eigenvalue weighted by atomic mass is 19.1. The predicted molar refractivity (Wildman–Crippen MR) is 64.9 cm³/mol. The van der Waals surface area contributed by atoms with Crippen molar-refractivity contribution in [3.8, 4) is 0 Å². The highest BCUT2D eigenvalue weighted by Gasteiger charge is 2.09. The van der Waals surface area contributed by atoms with Gasteiger partial charge >= 0.3 is 0 Å². The summed E-state index contributed by atoms with van der Waals surface area (Å²) in [5, 5.41) is 10.1. The third kappa shape index (κ3) is 2.76. The van der Waals surface area contributed by atoms with Crippen LogP contribution in [0, 0.1) is 11.2 Å². The zero-order valence-electron chi connectivity index (χ0n) is 9.35. The second-order valence-electron chi connectivity index (χ2n) is 3.58. The molecule has 1 heterocycles. The maximum absolute atomic E-state index is 12.7. The number of amides is 1. The highest BCUT2D eigenvalue weighted by molar-refractivity contribution is 6.11. The average molecular weight is 243 g/mol. The van der Waals surface area contributed by atoms with Crippen molar-refractivity contribution in [2.24, 2.45) is 0 Å². The largest absolute Gasteiger partial charge is 0.306 e. The van der Waals surface area contributed by atoms with Gasteiger partial charge in [0, 0.05) is 23.5 Å². The summed E-state index contributed by atoms with van der Waals surface area (Å²) in [5.41, 5.74) is 0.804. The van der Waals surface area contributed by atoms with Crippen LogP contribution < -0.4 is 5.32 Å². The molecule has 5 heteroatoms. The lowest BCUT2D eigenvalue weighted by Gasteiger charge is -2.06. The first-order valence-corrected chi connectivity index (χ1v) is 5.22. The fraction of sp³-hybridized carbons (Fsp3) is 0. The van der Waals surface area contributed by atoms with Gasteiger partial charge in [0.2, 0.25) is 0 Å². The van der Waals surface area contributed by atoms with Crippen LogP contribution in [0.3, 0.4) is 0 Å². The van der Waals surface area contributed by atoms with Crippen LogP contribution >= 0.6 is 0 Å². The monoisotopic (exact) mass is 243 g/mol. The van der Waals surface area contributed by atoms with E-state index in [9.17, 15) is 9.18 Å². The van der Waals surface area contributed by atoms with Gasteiger partial charge in [0.1, 0.15) is 11.7 Å². The van der Waals surface area contributed by atoms with Crippen molar-refractivity contribution < 1.29 is 9.18 Å². The Morgan fingerprint density at radius 1 is 1.17 bits per heavy atom. The van der Waals surface area contributed by atoms with Crippen LogP contribution in [0.15, 0.2) is 48.8 Å². The van der Waals surface area contributed by atoms with Crippen LogP contribution in [-0.4, -0.2) is 16.7 Å². The Bertz CT molecular complexity index is 567. The van der Waals surface area contributed by atoms with E-state index in [1.165, 1.54) is 30.5 Å². The van der Waals surface area contributed by atoms with Crippen molar-refractivity contribution in [1.82, 2.24) is 10.3 Å². The van der Waals surface area contributed by atoms with E-state index >= 15 is 0 Å². The topological polar surface area (TPSA) is 65.8 Å². The zero-order valence-corrected chi connectivity index (χ0v) is 9.35. The minimum absolute atomic E-state index is 0.0441. The number of carbonyl (C=O) groups is 1. The molecule has 0 aliphatic carbocycles. The highest BCUT2D eigenvalue weighted by Crippen LogP contribution is 2.03. The standard InChI is InChI=1S/C13H10FN3O/c14-11-5-3-9(4-6-11)13(18)17-12(15)10-2-1-7-16-8-10/h1-8H,(H2,15,17,18). The lowest BCUT2D eigenvalue weighted by atomic mass is 10.2. The first-order valence-electron chi connectivity index (χ1n) is 5.22. The van der Waals surface area contributed by atoms with E-state index < -0.39 is 11.7 Å². The first-order chi connectivity index (χ1) is 8.66. The normalized spacial score (nSPS) is 9.83. The molecule has 0 saturated heterocycles. The Hall–Kier alpha value is -2.56. The molecule has 0 bridgehead atoms. The number of hydrogen-bond donors (Lipinski definition) is 2. The van der Waals surface area contributed by atoms with E-state index in [1.807, 2.05) is 0 Å². The lowest BCUT2D eigenvalue weighted by Crippen LogP contribution is -2.30. The summed E-state index contributed by atoms with van der Waals surface area (Å²) in [6, 6.07) is 8.46. The third-order valence-electron chi connectivity index (χ3n) is 2.30. The smallest absolute Gasteiger partial charge is 0.256 e. The minimum Gasteiger partial charge on any atom is -0.306 e. The number of aromatic nitrogens is 1. The van der Waals surface area contributed by atoms with E-state index in [0.29, 0.717) is 11.1 Å². The van der Waals surface area contributed by atoms with Gasteiger partial charge in [-0.2, -0.15) is 0 Å². The van der Waals surface area contributed by atoms with E-state index in [4.69, 9.17) is 5.41 Å². The number of amidine groups is 1. The number of nitrogens with one attached hydrogen (secondary N) is 2. The first kappa shape index (κ1) is 11.9. The summed E-state index contributed by atoms with van der Waals surface area (Å²) < 4.78 is 12.7. The minimum atomic E-state index is -0.455. The number of halogens is 1. The second-order valence-corrected chi connectivity index (χ2v) is 3.58. The van der Waals surface area contributed by atoms with Crippen molar-refractivity contribution in [3.63, 3.8) is 0 Å². The van der Waals surface area contributed by atoms with Gasteiger partial charge in [0.25, 0.3) is 5.91 Å². The fourth-order valence-corrected chi connectivity index (χ4v) is 1.37. The number of rotatable bonds is 2. The molecule has 18 heavy (non-hydrogen) atoms. The van der Waals surface area contributed by atoms with Crippen molar-refractivity contribution in [2.45, 2.75) is 0 Å². The molecule has 0 radical (unpaired) electrons. The molecule has 2 aromatic rings. The van der Waals surface area contributed by atoms with Crippen LogP contribution in [0.25, 0.3) is 0 Å². The molecule has 4 nitrogen and oxygen atoms in total. The average Bonchev–Trinajstić information content (AvgIpc) is 2.40. The van der Waals surface area contributed by atoms with Gasteiger partial charge in [-0.15, -0.1) is 0 Å². The summed E-state index contributed by atoms with van der Waals surface area (Å²) in [4.78, 5) is 15.6. The maximum atomic E-state index is 12.7. The maximum Gasteiger partial charge on any atom is 0.256 e. The third-order valence-corrected chi connectivity index (χ3v) is 2.30. The van der Waals surface area contributed by atoms with Crippen molar-refractivity contribution in [2.75, 3.05) is 0 Å². The Kier molecular flexibility index (Phi) is 3.43. The van der Waals surface area contributed by atoms with Crippen molar-refractivity contribution >= 4 is 11.7 Å². The van der Waals surface area contributed by atoms with Crippen LogP contribution in [0.2, 0.25) is 0 Å². The molecule has 1 aromatic carbocycles. The molecule has 0 unspecified atom stereocenters. The molecule has 0 aliphatic heterocycles. The summed E-state index contributed by atoms with van der Waals surface area (Å²) in [5.74, 6) is -0.907. The van der Waals surface area contributed by atoms with Gasteiger partial charge < -0.3 is 5.32 Å². The Morgan fingerprint density at radius 2 is 1.89 bits per heavy atom. The predicted octanol–water partition coefficient (Wildman–Crippen LogP) is 1.98. The quantitative estimate of drug-likeness (QED) is 0.625. The van der Waals surface area contributed by atoms with E-state index in [2.05, 4.69) is 10.3 Å². The summed E-state index contributed by atoms with van der Waals surface area (Å²) in [6.07, 6.45) is 3.06. The molecular formula is C13H10FN3O. The molecule has 1 amide bonds. The summed E-state index contributed by atoms with van der Waals surface area (Å²) in [7, 11) is 0. The number of benzene rings is 1. The van der Waals surface area contributed by atoms with E-state index in [-0.39, 0.29) is 5.84 Å². The van der Waals surface area contributed by atoms with Gasteiger partial charge in [-0.3, -0.25) is 15.2 Å². The molecule has 1 aromatic heterocycles. The zero-order chi connectivity index (χ0) is 13.0.